The number of ether oxygens (including phenoxy) is 1. The highest BCUT2D eigenvalue weighted by Gasteiger charge is 2.25. The molecule has 9 heteroatoms. The van der Waals surface area contributed by atoms with E-state index in [0.29, 0.717) is 48.3 Å². The van der Waals surface area contributed by atoms with Gasteiger partial charge in [0, 0.05) is 31.7 Å². The van der Waals surface area contributed by atoms with E-state index in [2.05, 4.69) is 5.32 Å². The molecule has 3 rings (SSSR count). The van der Waals surface area contributed by atoms with E-state index >= 15 is 0 Å². The molecule has 0 unspecified atom stereocenters. The van der Waals surface area contributed by atoms with Gasteiger partial charge in [-0.15, -0.1) is 0 Å². The second-order valence-electron chi connectivity index (χ2n) is 6.71. The molecule has 0 radical (unpaired) electrons. The minimum atomic E-state index is -0.406. The number of benzene rings is 2. The van der Waals surface area contributed by atoms with Crippen molar-refractivity contribution in [2.24, 2.45) is 0 Å². The molecule has 1 aliphatic heterocycles. The summed E-state index contributed by atoms with van der Waals surface area (Å²) < 4.78 is 5.09. The molecule has 1 fully saturated rings. The van der Waals surface area contributed by atoms with Gasteiger partial charge in [0.15, 0.2) is 5.11 Å². The van der Waals surface area contributed by atoms with Crippen molar-refractivity contribution >= 4 is 34.6 Å². The molecular formula is C20H22N4O4S. The first kappa shape index (κ1) is 20.5. The van der Waals surface area contributed by atoms with Crippen LogP contribution in [0.5, 0.6) is 5.75 Å². The standard InChI is InChI=1S/C20H22N4O4S/c1-14-4-3-5-15(12-14)19(25)21-20(29)23-10-8-22(9-11-23)17-7-6-16(28-2)13-18(17)24(26)27/h3-7,12-13H,8-11H2,1-2H3,(H,21,25,29). The number of rotatable bonds is 4. The van der Waals surface area contributed by atoms with Gasteiger partial charge in [0.25, 0.3) is 11.6 Å². The zero-order chi connectivity index (χ0) is 21.0. The molecule has 1 aliphatic rings. The van der Waals surface area contributed by atoms with Crippen molar-refractivity contribution in [3.8, 4) is 5.75 Å². The Morgan fingerprint density at radius 2 is 1.90 bits per heavy atom. The maximum absolute atomic E-state index is 12.4. The third-order valence-electron chi connectivity index (χ3n) is 4.79. The monoisotopic (exact) mass is 414 g/mol. The number of thiocarbonyl (C=S) groups is 1. The van der Waals surface area contributed by atoms with Gasteiger partial charge in [0.2, 0.25) is 0 Å². The molecule has 1 amide bonds. The number of carbonyl (C=O) groups excluding carboxylic acids is 1. The first-order valence-electron chi connectivity index (χ1n) is 9.13. The van der Waals surface area contributed by atoms with Crippen LogP contribution in [0, 0.1) is 17.0 Å². The summed E-state index contributed by atoms with van der Waals surface area (Å²) in [5.41, 5.74) is 2.11. The van der Waals surface area contributed by atoms with Crippen molar-refractivity contribution in [1.29, 1.82) is 0 Å². The molecule has 0 saturated carbocycles. The Balaban J connectivity index is 1.62. The Morgan fingerprint density at radius 3 is 2.52 bits per heavy atom. The number of nitrogens with one attached hydrogen (secondary N) is 1. The van der Waals surface area contributed by atoms with E-state index in [9.17, 15) is 14.9 Å². The first-order chi connectivity index (χ1) is 13.9. The van der Waals surface area contributed by atoms with Crippen LogP contribution in [0.2, 0.25) is 0 Å². The largest absolute Gasteiger partial charge is 0.496 e. The third-order valence-corrected chi connectivity index (χ3v) is 5.15. The number of hydrogen-bond donors (Lipinski definition) is 1. The van der Waals surface area contributed by atoms with E-state index in [1.807, 2.05) is 28.9 Å². The molecule has 152 valence electrons. The fourth-order valence-electron chi connectivity index (χ4n) is 3.23. The Morgan fingerprint density at radius 1 is 1.17 bits per heavy atom. The van der Waals surface area contributed by atoms with Crippen LogP contribution in [-0.2, 0) is 0 Å². The molecule has 0 spiro atoms. The molecule has 2 aromatic carbocycles. The molecule has 0 bridgehead atoms. The van der Waals surface area contributed by atoms with Crippen molar-refractivity contribution in [3.63, 3.8) is 0 Å². The van der Waals surface area contributed by atoms with Crippen LogP contribution < -0.4 is 15.0 Å². The van der Waals surface area contributed by atoms with Gasteiger partial charge in [-0.25, -0.2) is 0 Å². The van der Waals surface area contributed by atoms with E-state index in [-0.39, 0.29) is 11.6 Å². The second kappa shape index (κ2) is 8.87. The Labute approximate surface area is 174 Å². The number of hydrogen-bond acceptors (Lipinski definition) is 6. The number of nitrogens with zero attached hydrogens (tertiary/aromatic N) is 3. The van der Waals surface area contributed by atoms with E-state index in [1.54, 1.807) is 24.3 Å². The zero-order valence-corrected chi connectivity index (χ0v) is 17.1. The maximum Gasteiger partial charge on any atom is 0.296 e. The summed E-state index contributed by atoms with van der Waals surface area (Å²) in [6.07, 6.45) is 0. The molecule has 2 aromatic rings. The highest BCUT2D eigenvalue weighted by Crippen LogP contribution is 2.32. The van der Waals surface area contributed by atoms with E-state index < -0.39 is 4.92 Å². The van der Waals surface area contributed by atoms with Crippen LogP contribution in [0.1, 0.15) is 15.9 Å². The summed E-state index contributed by atoms with van der Waals surface area (Å²) in [5.74, 6) is 0.200. The van der Waals surface area contributed by atoms with E-state index in [4.69, 9.17) is 17.0 Å². The van der Waals surface area contributed by atoms with Gasteiger partial charge in [-0.3, -0.25) is 20.2 Å². The lowest BCUT2D eigenvalue weighted by Crippen LogP contribution is -2.52. The fraction of sp³-hybridized carbons (Fsp3) is 0.300. The predicted octanol–water partition coefficient (Wildman–Crippen LogP) is 2.75. The number of methoxy groups -OCH3 is 1. The average molecular weight is 414 g/mol. The summed E-state index contributed by atoms with van der Waals surface area (Å²) in [4.78, 5) is 27.3. The molecule has 0 aromatic heterocycles. The molecule has 1 saturated heterocycles. The Bertz CT molecular complexity index is 942. The quantitative estimate of drug-likeness (QED) is 0.468. The molecule has 0 atom stereocenters. The van der Waals surface area contributed by atoms with E-state index in [0.717, 1.165) is 5.56 Å². The van der Waals surface area contributed by atoms with Crippen molar-refractivity contribution in [1.82, 2.24) is 10.2 Å². The van der Waals surface area contributed by atoms with Crippen LogP contribution in [0.15, 0.2) is 42.5 Å². The first-order valence-corrected chi connectivity index (χ1v) is 9.54. The lowest BCUT2D eigenvalue weighted by Gasteiger charge is -2.37. The summed E-state index contributed by atoms with van der Waals surface area (Å²) in [6, 6.07) is 12.1. The van der Waals surface area contributed by atoms with Gasteiger partial charge in [-0.05, 0) is 43.4 Å². The SMILES string of the molecule is COc1ccc(N2CCN(C(=S)NC(=O)c3cccc(C)c3)CC2)c([N+](=O)[O-])c1. The molecule has 1 heterocycles. The minimum Gasteiger partial charge on any atom is -0.496 e. The molecule has 29 heavy (non-hydrogen) atoms. The van der Waals surface area contributed by atoms with Gasteiger partial charge in [0.05, 0.1) is 18.1 Å². The van der Waals surface area contributed by atoms with Crippen molar-refractivity contribution in [3.05, 3.63) is 63.7 Å². The van der Waals surface area contributed by atoms with Crippen molar-refractivity contribution in [2.45, 2.75) is 6.92 Å². The minimum absolute atomic E-state index is 0.00752. The molecular weight excluding hydrogens is 392 g/mol. The number of piperazine rings is 1. The van der Waals surface area contributed by atoms with Crippen molar-refractivity contribution < 1.29 is 14.5 Å². The molecule has 1 N–H and O–H groups in total. The third kappa shape index (κ3) is 4.80. The number of carbonyl (C=O) groups is 1. The summed E-state index contributed by atoms with van der Waals surface area (Å²) in [6.45, 7) is 4.13. The Hall–Kier alpha value is -3.20. The van der Waals surface area contributed by atoms with Crippen LogP contribution >= 0.6 is 12.2 Å². The second-order valence-corrected chi connectivity index (χ2v) is 7.10. The van der Waals surface area contributed by atoms with Crippen LogP contribution in [0.3, 0.4) is 0 Å². The number of anilines is 1. The van der Waals surface area contributed by atoms with Gasteiger partial charge < -0.3 is 14.5 Å². The average Bonchev–Trinajstić information content (AvgIpc) is 2.73. The number of aryl methyl sites for hydroxylation is 1. The van der Waals surface area contributed by atoms with Crippen LogP contribution in [-0.4, -0.2) is 54.1 Å². The number of nitro groups is 1. The highest BCUT2D eigenvalue weighted by molar-refractivity contribution is 7.80. The van der Waals surface area contributed by atoms with Crippen LogP contribution in [0.25, 0.3) is 0 Å². The number of amides is 1. The smallest absolute Gasteiger partial charge is 0.296 e. The fourth-order valence-corrected chi connectivity index (χ4v) is 3.50. The summed E-state index contributed by atoms with van der Waals surface area (Å²) >= 11 is 5.39. The summed E-state index contributed by atoms with van der Waals surface area (Å²) in [7, 11) is 1.48. The molecule has 8 nitrogen and oxygen atoms in total. The molecule has 0 aliphatic carbocycles. The predicted molar refractivity (Wildman–Crippen MR) is 115 cm³/mol. The van der Waals surface area contributed by atoms with Gasteiger partial charge in [0.1, 0.15) is 11.4 Å². The summed E-state index contributed by atoms with van der Waals surface area (Å²) in [5, 5.41) is 14.6. The lowest BCUT2D eigenvalue weighted by atomic mass is 10.1. The zero-order valence-electron chi connectivity index (χ0n) is 16.3. The van der Waals surface area contributed by atoms with Gasteiger partial charge >= 0.3 is 0 Å². The topological polar surface area (TPSA) is 88.0 Å². The maximum atomic E-state index is 12.4. The van der Waals surface area contributed by atoms with Crippen LogP contribution in [0.4, 0.5) is 11.4 Å². The highest BCUT2D eigenvalue weighted by atomic mass is 32.1. The van der Waals surface area contributed by atoms with Gasteiger partial charge in [-0.1, -0.05) is 17.7 Å². The lowest BCUT2D eigenvalue weighted by molar-refractivity contribution is -0.384. The van der Waals surface area contributed by atoms with E-state index in [1.165, 1.54) is 13.2 Å². The Kier molecular flexibility index (Phi) is 6.28. The van der Waals surface area contributed by atoms with Crippen molar-refractivity contribution in [2.75, 3.05) is 38.2 Å². The number of nitro benzene ring substituents is 1. The van der Waals surface area contributed by atoms with Gasteiger partial charge in [-0.2, -0.15) is 0 Å². The normalized spacial score (nSPS) is 13.7.